The monoisotopic (exact) mass is 351 g/mol. The van der Waals surface area contributed by atoms with Crippen LogP contribution in [0, 0.1) is 25.2 Å². The predicted octanol–water partition coefficient (Wildman–Crippen LogP) is 2.97. The molecule has 1 fully saturated rings. The first-order chi connectivity index (χ1) is 12.5. The largest absolute Gasteiger partial charge is 0.494 e. The van der Waals surface area contributed by atoms with E-state index in [1.807, 2.05) is 37.3 Å². The number of nitriles is 1. The van der Waals surface area contributed by atoms with Gasteiger partial charge >= 0.3 is 0 Å². The second kappa shape index (κ2) is 7.54. The molecule has 26 heavy (non-hydrogen) atoms. The number of aliphatic imine (C=N–C) groups is 1. The third-order valence-electron chi connectivity index (χ3n) is 4.70. The van der Waals surface area contributed by atoms with Gasteiger partial charge in [0.05, 0.1) is 23.9 Å². The highest BCUT2D eigenvalue weighted by Gasteiger charge is 2.22. The second-order valence-electron chi connectivity index (χ2n) is 6.44. The van der Waals surface area contributed by atoms with Gasteiger partial charge in [-0.1, -0.05) is 18.2 Å². The van der Waals surface area contributed by atoms with Crippen LogP contribution in [0.1, 0.15) is 35.1 Å². The summed E-state index contributed by atoms with van der Waals surface area (Å²) in [5.41, 5.74) is 2.09. The van der Waals surface area contributed by atoms with Crippen LogP contribution < -0.4 is 5.56 Å². The predicted molar refractivity (Wildman–Crippen MR) is 99.2 cm³/mol. The van der Waals surface area contributed by atoms with Crippen molar-refractivity contribution in [3.63, 3.8) is 0 Å². The number of hydrogen-bond donors (Lipinski definition) is 1. The molecule has 1 unspecified atom stereocenters. The van der Waals surface area contributed by atoms with Crippen LogP contribution in [0.5, 0.6) is 5.88 Å². The Morgan fingerprint density at radius 3 is 2.85 bits per heavy atom. The van der Waals surface area contributed by atoms with Crippen LogP contribution in [0.3, 0.4) is 0 Å². The van der Waals surface area contributed by atoms with Crippen molar-refractivity contribution in [1.82, 2.24) is 4.57 Å². The molecule has 6 nitrogen and oxygen atoms in total. The van der Waals surface area contributed by atoms with E-state index in [0.717, 1.165) is 24.1 Å². The summed E-state index contributed by atoms with van der Waals surface area (Å²) in [6.45, 7) is 4.47. The molecule has 2 heterocycles. The molecule has 2 aromatic rings. The molecule has 0 radical (unpaired) electrons. The van der Waals surface area contributed by atoms with Crippen LogP contribution in [-0.4, -0.2) is 28.6 Å². The quantitative estimate of drug-likeness (QED) is 0.858. The highest BCUT2D eigenvalue weighted by atomic mass is 16.5. The van der Waals surface area contributed by atoms with Gasteiger partial charge in [0.2, 0.25) is 5.88 Å². The van der Waals surface area contributed by atoms with Gasteiger partial charge in [0.1, 0.15) is 11.6 Å². The molecule has 0 spiro atoms. The summed E-state index contributed by atoms with van der Waals surface area (Å²) in [6, 6.07) is 9.57. The molecule has 6 heteroatoms. The van der Waals surface area contributed by atoms with E-state index in [4.69, 9.17) is 4.74 Å². The van der Waals surface area contributed by atoms with E-state index in [1.54, 1.807) is 6.92 Å². The Balaban J connectivity index is 2.08. The van der Waals surface area contributed by atoms with Gasteiger partial charge in [-0.2, -0.15) is 5.26 Å². The maximum Gasteiger partial charge on any atom is 0.271 e. The van der Waals surface area contributed by atoms with Gasteiger partial charge in [-0.25, -0.2) is 0 Å². The van der Waals surface area contributed by atoms with Gasteiger partial charge in [0, 0.05) is 12.8 Å². The number of para-hydroxylation sites is 1. The fraction of sp³-hybridized carbons (Fsp3) is 0.350. The van der Waals surface area contributed by atoms with Crippen molar-refractivity contribution in [3.8, 4) is 11.9 Å². The molecular weight excluding hydrogens is 330 g/mol. The highest BCUT2D eigenvalue weighted by Crippen LogP contribution is 2.24. The lowest BCUT2D eigenvalue weighted by molar-refractivity contribution is 0.0938. The minimum absolute atomic E-state index is 0.0204. The van der Waals surface area contributed by atoms with E-state index in [9.17, 15) is 15.2 Å². The number of rotatable bonds is 4. The first-order valence-electron chi connectivity index (χ1n) is 8.60. The molecule has 1 aromatic carbocycles. The first-order valence-corrected chi connectivity index (χ1v) is 8.60. The molecule has 3 rings (SSSR count). The molecule has 1 aliphatic rings. The summed E-state index contributed by atoms with van der Waals surface area (Å²) in [6.07, 6.45) is 3.14. The fourth-order valence-electron chi connectivity index (χ4n) is 3.13. The van der Waals surface area contributed by atoms with Gasteiger partial charge < -0.3 is 9.84 Å². The number of hydrogen-bond acceptors (Lipinski definition) is 5. The summed E-state index contributed by atoms with van der Waals surface area (Å²) < 4.78 is 6.79. The van der Waals surface area contributed by atoms with Gasteiger partial charge in [-0.3, -0.25) is 14.4 Å². The molecule has 1 aliphatic heterocycles. The van der Waals surface area contributed by atoms with Crippen molar-refractivity contribution in [2.75, 3.05) is 6.61 Å². The minimum Gasteiger partial charge on any atom is -0.494 e. The van der Waals surface area contributed by atoms with Crippen LogP contribution in [0.25, 0.3) is 0 Å². The van der Waals surface area contributed by atoms with Crippen LogP contribution in [-0.2, 0) is 11.3 Å². The molecule has 1 N–H and O–H groups in total. The standard InChI is InChI=1S/C20H21N3O3/c1-13-6-3-4-8-18(13)22-11-17-14(2)16(10-21)19(24)23(20(17)25)12-15-7-5-9-26-15/h3-4,6,8,11,15,25H,5,7,9,12H2,1-2H3. The van der Waals surface area contributed by atoms with Crippen molar-refractivity contribution in [1.29, 1.82) is 5.26 Å². The molecule has 1 saturated heterocycles. The smallest absolute Gasteiger partial charge is 0.271 e. The lowest BCUT2D eigenvalue weighted by atomic mass is 10.1. The Morgan fingerprint density at radius 1 is 1.42 bits per heavy atom. The second-order valence-corrected chi connectivity index (χ2v) is 6.44. The lowest BCUT2D eigenvalue weighted by Gasteiger charge is -2.17. The number of ether oxygens (including phenoxy) is 1. The van der Waals surface area contributed by atoms with Crippen molar-refractivity contribution >= 4 is 11.9 Å². The number of benzene rings is 1. The van der Waals surface area contributed by atoms with E-state index in [1.165, 1.54) is 10.8 Å². The maximum atomic E-state index is 12.6. The average molecular weight is 351 g/mol. The molecule has 1 atom stereocenters. The Labute approximate surface area is 152 Å². The van der Waals surface area contributed by atoms with Crippen molar-refractivity contribution in [2.24, 2.45) is 4.99 Å². The Kier molecular flexibility index (Phi) is 5.19. The first kappa shape index (κ1) is 17.9. The minimum atomic E-state index is -0.494. The summed E-state index contributed by atoms with van der Waals surface area (Å²) in [4.78, 5) is 17.0. The Bertz CT molecular complexity index is 948. The van der Waals surface area contributed by atoms with Gasteiger partial charge in [0.15, 0.2) is 0 Å². The van der Waals surface area contributed by atoms with Crippen molar-refractivity contribution in [2.45, 2.75) is 39.3 Å². The highest BCUT2D eigenvalue weighted by molar-refractivity contribution is 5.87. The van der Waals surface area contributed by atoms with Crippen LogP contribution in [0.15, 0.2) is 34.1 Å². The number of aromatic nitrogens is 1. The number of nitrogens with zero attached hydrogens (tertiary/aromatic N) is 3. The zero-order valence-corrected chi connectivity index (χ0v) is 14.9. The third kappa shape index (κ3) is 3.39. The third-order valence-corrected chi connectivity index (χ3v) is 4.70. The number of pyridine rings is 1. The average Bonchev–Trinajstić information content (AvgIpc) is 3.14. The van der Waals surface area contributed by atoms with E-state index in [-0.39, 0.29) is 24.1 Å². The normalized spacial score (nSPS) is 16.9. The SMILES string of the molecule is Cc1ccccc1N=Cc1c(C)c(C#N)c(=O)n(CC2CCCO2)c1O. The summed E-state index contributed by atoms with van der Waals surface area (Å²) in [5.74, 6) is -0.181. The molecule has 134 valence electrons. The van der Waals surface area contributed by atoms with Gasteiger partial charge in [-0.15, -0.1) is 0 Å². The van der Waals surface area contributed by atoms with Crippen molar-refractivity contribution in [3.05, 3.63) is 56.9 Å². The number of aromatic hydroxyl groups is 1. The molecule has 0 amide bonds. The summed E-state index contributed by atoms with van der Waals surface area (Å²) >= 11 is 0. The van der Waals surface area contributed by atoms with E-state index in [2.05, 4.69) is 4.99 Å². The fourth-order valence-corrected chi connectivity index (χ4v) is 3.13. The lowest BCUT2D eigenvalue weighted by Crippen LogP contribution is -2.29. The zero-order chi connectivity index (χ0) is 18.7. The van der Waals surface area contributed by atoms with Gasteiger partial charge in [-0.05, 0) is 43.9 Å². The molecular formula is C20H21N3O3. The molecule has 0 aliphatic carbocycles. The Hall–Kier alpha value is -2.91. The summed E-state index contributed by atoms with van der Waals surface area (Å²) in [7, 11) is 0. The van der Waals surface area contributed by atoms with E-state index in [0.29, 0.717) is 17.7 Å². The maximum absolute atomic E-state index is 12.6. The van der Waals surface area contributed by atoms with Crippen LogP contribution in [0.4, 0.5) is 5.69 Å². The van der Waals surface area contributed by atoms with Crippen molar-refractivity contribution < 1.29 is 9.84 Å². The number of aryl methyl sites for hydroxylation is 1. The molecule has 0 bridgehead atoms. The zero-order valence-electron chi connectivity index (χ0n) is 14.9. The topological polar surface area (TPSA) is 87.6 Å². The van der Waals surface area contributed by atoms with Crippen LogP contribution >= 0.6 is 0 Å². The van der Waals surface area contributed by atoms with E-state index < -0.39 is 5.56 Å². The van der Waals surface area contributed by atoms with E-state index >= 15 is 0 Å². The summed E-state index contributed by atoms with van der Waals surface area (Å²) in [5, 5.41) is 20.1. The molecule has 1 aromatic heterocycles. The Morgan fingerprint density at radius 2 is 2.19 bits per heavy atom. The van der Waals surface area contributed by atoms with Crippen LogP contribution in [0.2, 0.25) is 0 Å². The molecule has 0 saturated carbocycles. The van der Waals surface area contributed by atoms with Gasteiger partial charge in [0.25, 0.3) is 5.56 Å².